The van der Waals surface area contributed by atoms with Crippen molar-refractivity contribution >= 4 is 23.2 Å². The molecule has 0 bridgehead atoms. The number of nitrogens with zero attached hydrogens (tertiary/aromatic N) is 1. The molecule has 0 radical (unpaired) electrons. The van der Waals surface area contributed by atoms with E-state index in [0.29, 0.717) is 11.3 Å². The summed E-state index contributed by atoms with van der Waals surface area (Å²) in [6.45, 7) is 0.287. The van der Waals surface area contributed by atoms with Gasteiger partial charge in [0.25, 0.3) is 5.91 Å². The third kappa shape index (κ3) is 2.48. The number of amides is 1. The highest BCUT2D eigenvalue weighted by Crippen LogP contribution is 2.22. The van der Waals surface area contributed by atoms with Gasteiger partial charge in [-0.3, -0.25) is 4.79 Å². The lowest BCUT2D eigenvalue weighted by Crippen LogP contribution is -2.51. The molecule has 1 aromatic rings. The number of likely N-dealkylation sites (tertiary alicyclic amines) is 1. The van der Waals surface area contributed by atoms with E-state index < -0.39 is 18.1 Å². The van der Waals surface area contributed by atoms with Gasteiger partial charge in [-0.1, -0.05) is 6.07 Å². The number of aliphatic hydroxyl groups is 1. The van der Waals surface area contributed by atoms with Crippen molar-refractivity contribution in [3.8, 4) is 0 Å². The first-order valence-electron chi connectivity index (χ1n) is 5.35. The Hall–Kier alpha value is -1.40. The Morgan fingerprint density at radius 1 is 1.47 bits per heavy atom. The molecule has 0 aromatic carbocycles. The molecule has 1 saturated heterocycles. The van der Waals surface area contributed by atoms with Crippen LogP contribution in [-0.2, 0) is 4.79 Å². The SMILES string of the molecule is O=C(O)[C@@H]1C[C@H](O)CCN1C(=O)c1cccs1. The Morgan fingerprint density at radius 3 is 2.82 bits per heavy atom. The molecule has 6 heteroatoms. The topological polar surface area (TPSA) is 77.8 Å². The fourth-order valence-corrected chi connectivity index (χ4v) is 2.64. The number of rotatable bonds is 2. The molecule has 1 aliphatic heterocycles. The molecule has 1 aromatic heterocycles. The Bertz CT molecular complexity index is 417. The van der Waals surface area contributed by atoms with E-state index in [9.17, 15) is 14.7 Å². The fourth-order valence-electron chi connectivity index (χ4n) is 1.97. The number of aliphatic carboxylic acids is 1. The number of carbonyl (C=O) groups is 2. The average Bonchev–Trinajstić information content (AvgIpc) is 2.81. The predicted molar refractivity (Wildman–Crippen MR) is 62.0 cm³/mol. The standard InChI is InChI=1S/C11H13NO4S/c13-7-3-4-12(8(6-7)11(15)16)10(14)9-2-1-5-17-9/h1-2,5,7-8,13H,3-4,6H2,(H,15,16)/t7-,8+/m1/s1. The predicted octanol–water partition coefficient (Wildman–Crippen LogP) is 0.798. The third-order valence-electron chi connectivity index (χ3n) is 2.85. The van der Waals surface area contributed by atoms with Crippen LogP contribution in [0.25, 0.3) is 0 Å². The fraction of sp³-hybridized carbons (Fsp3) is 0.455. The van der Waals surface area contributed by atoms with Crippen LogP contribution in [0.5, 0.6) is 0 Å². The van der Waals surface area contributed by atoms with Crippen LogP contribution in [-0.4, -0.2) is 45.7 Å². The summed E-state index contributed by atoms with van der Waals surface area (Å²) in [7, 11) is 0. The number of aliphatic hydroxyl groups excluding tert-OH is 1. The Kier molecular flexibility index (Phi) is 3.44. The number of carbonyl (C=O) groups excluding carboxylic acids is 1. The second kappa shape index (κ2) is 4.85. The summed E-state index contributed by atoms with van der Waals surface area (Å²) in [5.74, 6) is -1.33. The van der Waals surface area contributed by atoms with Crippen molar-refractivity contribution < 1.29 is 19.8 Å². The highest BCUT2D eigenvalue weighted by atomic mass is 32.1. The highest BCUT2D eigenvalue weighted by molar-refractivity contribution is 7.12. The van der Waals surface area contributed by atoms with Crippen LogP contribution in [0, 0.1) is 0 Å². The molecular formula is C11H13NO4S. The molecule has 17 heavy (non-hydrogen) atoms. The quantitative estimate of drug-likeness (QED) is 0.819. The maximum Gasteiger partial charge on any atom is 0.326 e. The molecule has 2 rings (SSSR count). The van der Waals surface area contributed by atoms with Gasteiger partial charge in [0.15, 0.2) is 0 Å². The number of carboxylic acids is 1. The van der Waals surface area contributed by atoms with Gasteiger partial charge in [0.1, 0.15) is 6.04 Å². The summed E-state index contributed by atoms with van der Waals surface area (Å²) in [6.07, 6.45) is -0.101. The normalized spacial score (nSPS) is 24.6. The zero-order valence-corrected chi connectivity index (χ0v) is 9.89. The summed E-state index contributed by atoms with van der Waals surface area (Å²) in [5.41, 5.74) is 0. The second-order valence-corrected chi connectivity index (χ2v) is 4.96. The number of thiophene rings is 1. The molecule has 0 unspecified atom stereocenters. The van der Waals surface area contributed by atoms with Crippen molar-refractivity contribution in [2.75, 3.05) is 6.54 Å². The summed E-state index contributed by atoms with van der Waals surface area (Å²) >= 11 is 1.29. The van der Waals surface area contributed by atoms with E-state index >= 15 is 0 Å². The van der Waals surface area contributed by atoms with Crippen molar-refractivity contribution in [1.29, 1.82) is 0 Å². The molecule has 2 heterocycles. The highest BCUT2D eigenvalue weighted by Gasteiger charge is 2.36. The van der Waals surface area contributed by atoms with Gasteiger partial charge in [0.05, 0.1) is 11.0 Å². The summed E-state index contributed by atoms with van der Waals surface area (Å²) < 4.78 is 0. The minimum Gasteiger partial charge on any atom is -0.480 e. The average molecular weight is 255 g/mol. The van der Waals surface area contributed by atoms with E-state index in [1.54, 1.807) is 17.5 Å². The van der Waals surface area contributed by atoms with E-state index in [4.69, 9.17) is 5.11 Å². The van der Waals surface area contributed by atoms with Gasteiger partial charge in [-0.25, -0.2) is 4.79 Å². The molecule has 0 aliphatic carbocycles. The van der Waals surface area contributed by atoms with E-state index in [-0.39, 0.29) is 18.9 Å². The molecule has 5 nitrogen and oxygen atoms in total. The van der Waals surface area contributed by atoms with Crippen LogP contribution >= 0.6 is 11.3 Å². The molecule has 0 spiro atoms. The van der Waals surface area contributed by atoms with Gasteiger partial charge in [0.2, 0.25) is 0 Å². The molecule has 0 saturated carbocycles. The molecule has 2 atom stereocenters. The van der Waals surface area contributed by atoms with Crippen LogP contribution in [0.15, 0.2) is 17.5 Å². The van der Waals surface area contributed by atoms with E-state index in [0.717, 1.165) is 0 Å². The molecule has 1 amide bonds. The Morgan fingerprint density at radius 2 is 2.24 bits per heavy atom. The number of hydrogen-bond donors (Lipinski definition) is 2. The van der Waals surface area contributed by atoms with Crippen LogP contribution < -0.4 is 0 Å². The number of carboxylic acid groups (broad SMARTS) is 1. The summed E-state index contributed by atoms with van der Waals surface area (Å²) in [5, 5.41) is 20.3. The van der Waals surface area contributed by atoms with Crippen LogP contribution in [0.2, 0.25) is 0 Å². The van der Waals surface area contributed by atoms with E-state index in [1.165, 1.54) is 16.2 Å². The van der Waals surface area contributed by atoms with Gasteiger partial charge in [-0.15, -0.1) is 11.3 Å². The zero-order valence-electron chi connectivity index (χ0n) is 9.07. The summed E-state index contributed by atoms with van der Waals surface area (Å²) in [6, 6.07) is 2.51. The number of piperidine rings is 1. The maximum atomic E-state index is 12.1. The zero-order chi connectivity index (χ0) is 12.4. The first kappa shape index (κ1) is 12.1. The van der Waals surface area contributed by atoms with Gasteiger partial charge in [-0.05, 0) is 17.9 Å². The largest absolute Gasteiger partial charge is 0.480 e. The Labute approximate surface area is 102 Å². The van der Waals surface area contributed by atoms with Crippen LogP contribution in [0.1, 0.15) is 22.5 Å². The maximum absolute atomic E-state index is 12.1. The van der Waals surface area contributed by atoms with Gasteiger partial charge in [-0.2, -0.15) is 0 Å². The smallest absolute Gasteiger partial charge is 0.326 e. The lowest BCUT2D eigenvalue weighted by atomic mass is 9.99. The van der Waals surface area contributed by atoms with Gasteiger partial charge >= 0.3 is 5.97 Å². The van der Waals surface area contributed by atoms with E-state index in [2.05, 4.69) is 0 Å². The molecule has 1 aliphatic rings. The van der Waals surface area contributed by atoms with Crippen molar-refractivity contribution in [1.82, 2.24) is 4.90 Å². The van der Waals surface area contributed by atoms with Gasteiger partial charge in [0, 0.05) is 13.0 Å². The Balaban J connectivity index is 2.18. The molecule has 92 valence electrons. The molecule has 2 N–H and O–H groups in total. The minimum absolute atomic E-state index is 0.104. The first-order valence-corrected chi connectivity index (χ1v) is 6.23. The lowest BCUT2D eigenvalue weighted by Gasteiger charge is -2.35. The van der Waals surface area contributed by atoms with Crippen LogP contribution in [0.3, 0.4) is 0 Å². The molecule has 1 fully saturated rings. The van der Waals surface area contributed by atoms with Crippen molar-refractivity contribution in [3.05, 3.63) is 22.4 Å². The minimum atomic E-state index is -1.06. The van der Waals surface area contributed by atoms with Crippen molar-refractivity contribution in [2.45, 2.75) is 25.0 Å². The third-order valence-corrected chi connectivity index (χ3v) is 3.71. The lowest BCUT2D eigenvalue weighted by molar-refractivity contribution is -0.145. The summed E-state index contributed by atoms with van der Waals surface area (Å²) in [4.78, 5) is 25.0. The first-order chi connectivity index (χ1) is 8.09. The monoisotopic (exact) mass is 255 g/mol. The van der Waals surface area contributed by atoms with Gasteiger partial charge < -0.3 is 15.1 Å². The second-order valence-electron chi connectivity index (χ2n) is 4.01. The van der Waals surface area contributed by atoms with Crippen molar-refractivity contribution in [2.24, 2.45) is 0 Å². The van der Waals surface area contributed by atoms with E-state index in [1.807, 2.05) is 0 Å². The molecular weight excluding hydrogens is 242 g/mol. The number of hydrogen-bond acceptors (Lipinski definition) is 4. The van der Waals surface area contributed by atoms with Crippen LogP contribution in [0.4, 0.5) is 0 Å². The van der Waals surface area contributed by atoms with Crippen molar-refractivity contribution in [3.63, 3.8) is 0 Å².